The van der Waals surface area contributed by atoms with Gasteiger partial charge in [0, 0.05) is 5.56 Å². The van der Waals surface area contributed by atoms with Crippen molar-refractivity contribution < 1.29 is 22.5 Å². The fourth-order valence-electron chi connectivity index (χ4n) is 1.75. The molecule has 0 aliphatic carbocycles. The van der Waals surface area contributed by atoms with E-state index in [1.54, 1.807) is 0 Å². The Morgan fingerprint density at radius 1 is 1.14 bits per heavy atom. The highest BCUT2D eigenvalue weighted by Gasteiger charge is 2.16. The summed E-state index contributed by atoms with van der Waals surface area (Å²) in [5.41, 5.74) is 0.0676. The lowest BCUT2D eigenvalue weighted by molar-refractivity contribution is 0.102. The first-order valence-corrected chi connectivity index (χ1v) is 7.34. The molecule has 2 aromatic carbocycles. The molecule has 0 heterocycles. The number of carbonyl (C=O) groups excluding carboxylic acids is 1. The van der Waals surface area contributed by atoms with Gasteiger partial charge in [-0.25, -0.2) is 8.78 Å². The Labute approximate surface area is 123 Å². The van der Waals surface area contributed by atoms with Gasteiger partial charge < -0.3 is 4.74 Å². The number of methoxy groups -OCH3 is 1. The summed E-state index contributed by atoms with van der Waals surface area (Å²) in [6.07, 6.45) is 0. The number of benzene rings is 2. The van der Waals surface area contributed by atoms with E-state index in [2.05, 4.69) is 0 Å². The van der Waals surface area contributed by atoms with Gasteiger partial charge in [0.05, 0.1) is 28.6 Å². The number of halogens is 2. The molecule has 0 amide bonds. The maximum Gasteiger partial charge on any atom is 0.175 e. The van der Waals surface area contributed by atoms with Crippen molar-refractivity contribution in [2.24, 2.45) is 0 Å². The molecule has 2 rings (SSSR count). The van der Waals surface area contributed by atoms with Crippen LogP contribution in [0.1, 0.15) is 10.4 Å². The molecule has 1 atom stereocenters. The lowest BCUT2D eigenvalue weighted by Gasteiger charge is -2.05. The average Bonchev–Trinajstić information content (AvgIpc) is 2.47. The minimum atomic E-state index is -1.82. The van der Waals surface area contributed by atoms with Crippen LogP contribution in [0.4, 0.5) is 8.78 Å². The standard InChI is InChI=1S/C15H12F2O3S/c1-20-14-7-6-10(8-12(14)17)13(18)9-21(19)15-5-3-2-4-11(15)16/h2-8H,9H2,1H3. The first-order valence-electron chi connectivity index (χ1n) is 6.02. The Balaban J connectivity index is 2.17. The highest BCUT2D eigenvalue weighted by atomic mass is 32.2. The number of ketones is 1. The van der Waals surface area contributed by atoms with Crippen molar-refractivity contribution in [2.45, 2.75) is 4.90 Å². The predicted octanol–water partition coefficient (Wildman–Crippen LogP) is 2.96. The molecule has 2 aromatic rings. The van der Waals surface area contributed by atoms with Gasteiger partial charge in [0.25, 0.3) is 0 Å². The van der Waals surface area contributed by atoms with Gasteiger partial charge in [-0.05, 0) is 30.3 Å². The average molecular weight is 310 g/mol. The SMILES string of the molecule is COc1ccc(C(=O)CS(=O)c2ccccc2F)cc1F. The molecule has 0 spiro atoms. The molecule has 0 saturated carbocycles. The molecule has 0 fully saturated rings. The summed E-state index contributed by atoms with van der Waals surface area (Å²) in [6.45, 7) is 0. The second kappa shape index (κ2) is 6.58. The molecule has 0 bridgehead atoms. The molecule has 110 valence electrons. The molecule has 3 nitrogen and oxygen atoms in total. The predicted molar refractivity (Wildman–Crippen MR) is 75.0 cm³/mol. The molecule has 21 heavy (non-hydrogen) atoms. The fraction of sp³-hybridized carbons (Fsp3) is 0.133. The van der Waals surface area contributed by atoms with Crippen LogP contribution in [0.5, 0.6) is 5.75 Å². The third-order valence-electron chi connectivity index (χ3n) is 2.82. The molecule has 0 aliphatic heterocycles. The fourth-order valence-corrected chi connectivity index (χ4v) is 2.83. The number of ether oxygens (including phenoxy) is 1. The molecule has 0 aromatic heterocycles. The Bertz CT molecular complexity index is 701. The van der Waals surface area contributed by atoms with E-state index < -0.39 is 34.0 Å². The number of carbonyl (C=O) groups is 1. The van der Waals surface area contributed by atoms with E-state index in [0.717, 1.165) is 6.07 Å². The maximum absolute atomic E-state index is 13.5. The summed E-state index contributed by atoms with van der Waals surface area (Å²) in [5.74, 6) is -2.24. The lowest BCUT2D eigenvalue weighted by Crippen LogP contribution is -2.12. The van der Waals surface area contributed by atoms with Gasteiger partial charge >= 0.3 is 0 Å². The van der Waals surface area contributed by atoms with Crippen molar-refractivity contribution in [1.82, 2.24) is 0 Å². The minimum Gasteiger partial charge on any atom is -0.494 e. The van der Waals surface area contributed by atoms with Crippen LogP contribution in [0.2, 0.25) is 0 Å². The van der Waals surface area contributed by atoms with Crippen LogP contribution in [0.3, 0.4) is 0 Å². The first kappa shape index (κ1) is 15.3. The van der Waals surface area contributed by atoms with Gasteiger partial charge in [0.1, 0.15) is 5.82 Å². The number of hydrogen-bond donors (Lipinski definition) is 0. The molecular formula is C15H12F2O3S. The summed E-state index contributed by atoms with van der Waals surface area (Å²) in [5, 5.41) is 0. The highest BCUT2D eigenvalue weighted by molar-refractivity contribution is 7.85. The van der Waals surface area contributed by atoms with E-state index in [-0.39, 0.29) is 16.2 Å². The first-order chi connectivity index (χ1) is 10.0. The van der Waals surface area contributed by atoms with E-state index in [1.165, 1.54) is 43.5 Å². The molecule has 0 saturated heterocycles. The third-order valence-corrected chi connectivity index (χ3v) is 4.16. The van der Waals surface area contributed by atoms with E-state index in [0.29, 0.717) is 0 Å². The molecule has 0 N–H and O–H groups in total. The van der Waals surface area contributed by atoms with Crippen molar-refractivity contribution in [3.8, 4) is 5.75 Å². The van der Waals surface area contributed by atoms with Gasteiger partial charge in [-0.1, -0.05) is 12.1 Å². The van der Waals surface area contributed by atoms with E-state index in [4.69, 9.17) is 4.74 Å². The quantitative estimate of drug-likeness (QED) is 0.798. The van der Waals surface area contributed by atoms with Crippen LogP contribution in [0, 0.1) is 11.6 Å². The van der Waals surface area contributed by atoms with E-state index >= 15 is 0 Å². The molecular weight excluding hydrogens is 298 g/mol. The maximum atomic E-state index is 13.5. The lowest BCUT2D eigenvalue weighted by atomic mass is 10.1. The Morgan fingerprint density at radius 3 is 2.48 bits per heavy atom. The van der Waals surface area contributed by atoms with Crippen LogP contribution in [-0.2, 0) is 10.8 Å². The summed E-state index contributed by atoms with van der Waals surface area (Å²) >= 11 is 0. The van der Waals surface area contributed by atoms with Crippen LogP contribution in [0.15, 0.2) is 47.4 Å². The van der Waals surface area contributed by atoms with Crippen LogP contribution >= 0.6 is 0 Å². The van der Waals surface area contributed by atoms with E-state index in [1.807, 2.05) is 0 Å². The summed E-state index contributed by atoms with van der Waals surface area (Å²) in [6, 6.07) is 9.24. The van der Waals surface area contributed by atoms with Gasteiger partial charge in [-0.3, -0.25) is 9.00 Å². The zero-order valence-corrected chi connectivity index (χ0v) is 12.0. The van der Waals surface area contributed by atoms with Crippen LogP contribution in [-0.4, -0.2) is 22.9 Å². The van der Waals surface area contributed by atoms with Gasteiger partial charge in [-0.15, -0.1) is 0 Å². The smallest absolute Gasteiger partial charge is 0.175 e. The Hall–Kier alpha value is -2.08. The second-order valence-electron chi connectivity index (χ2n) is 4.19. The highest BCUT2D eigenvalue weighted by Crippen LogP contribution is 2.19. The molecule has 1 unspecified atom stereocenters. The van der Waals surface area contributed by atoms with Crippen molar-refractivity contribution in [2.75, 3.05) is 12.9 Å². The van der Waals surface area contributed by atoms with Crippen molar-refractivity contribution in [3.63, 3.8) is 0 Å². The van der Waals surface area contributed by atoms with Crippen molar-refractivity contribution in [3.05, 3.63) is 59.7 Å². The summed E-state index contributed by atoms with van der Waals surface area (Å²) in [4.78, 5) is 11.9. The molecule has 6 heteroatoms. The van der Waals surface area contributed by atoms with Crippen LogP contribution in [0.25, 0.3) is 0 Å². The van der Waals surface area contributed by atoms with Gasteiger partial charge in [0.2, 0.25) is 0 Å². The largest absolute Gasteiger partial charge is 0.494 e. The van der Waals surface area contributed by atoms with Gasteiger partial charge in [0.15, 0.2) is 17.3 Å². The summed E-state index contributed by atoms with van der Waals surface area (Å²) in [7, 11) is -0.505. The number of hydrogen-bond acceptors (Lipinski definition) is 3. The van der Waals surface area contributed by atoms with Crippen molar-refractivity contribution in [1.29, 1.82) is 0 Å². The zero-order valence-electron chi connectivity index (χ0n) is 11.1. The van der Waals surface area contributed by atoms with Gasteiger partial charge in [-0.2, -0.15) is 0 Å². The summed E-state index contributed by atoms with van der Waals surface area (Å²) < 4.78 is 43.7. The third kappa shape index (κ3) is 3.52. The molecule has 0 aliphatic rings. The molecule has 0 radical (unpaired) electrons. The topological polar surface area (TPSA) is 43.4 Å². The van der Waals surface area contributed by atoms with E-state index in [9.17, 15) is 17.8 Å². The zero-order chi connectivity index (χ0) is 15.4. The number of rotatable bonds is 5. The Kier molecular flexibility index (Phi) is 4.80. The Morgan fingerprint density at radius 2 is 1.86 bits per heavy atom. The monoisotopic (exact) mass is 310 g/mol. The van der Waals surface area contributed by atoms with Crippen LogP contribution < -0.4 is 4.74 Å². The van der Waals surface area contributed by atoms with Crippen molar-refractivity contribution >= 4 is 16.6 Å². The second-order valence-corrected chi connectivity index (χ2v) is 5.61. The minimum absolute atomic E-state index is 0.0155. The normalized spacial score (nSPS) is 12.0. The number of Topliss-reactive ketones (excluding diaryl/α,β-unsaturated/α-hetero) is 1.